The van der Waals surface area contributed by atoms with E-state index in [1.807, 2.05) is 11.8 Å². The van der Waals surface area contributed by atoms with Crippen molar-refractivity contribution in [3.05, 3.63) is 88.1 Å². The number of carbonyl (C=O) groups is 1. The molecule has 1 amide bonds. The SMILES string of the molecule is C=C1C=NC(c2ccc(C(C)(C)O)nc2)=CN1C1=C(C)C(OCC(N)=O)CC1c1cc(Cl)ccc1OC(F)F. The molecule has 2 atom stereocenters. The van der Waals surface area contributed by atoms with Crippen LogP contribution in [-0.4, -0.2) is 46.4 Å². The number of alkyl halides is 2. The standard InChI is InChI=1S/C28H29ClF2N4O4/c1-15-11-33-21(17-5-8-24(34-12-17)28(3,4)37)13-35(15)26-16(2)23(38-14-25(32)36)10-20(26)19-9-18(29)6-7-22(19)39-27(30)31/h5-9,11-13,20,23,27,37H,1,10,14H2,2-4H3,(H2,32,36). The molecule has 1 aromatic heterocycles. The number of allylic oxidation sites excluding steroid dienone is 2. The average Bonchev–Trinajstić information content (AvgIpc) is 3.19. The maximum absolute atomic E-state index is 13.3. The largest absolute Gasteiger partial charge is 0.435 e. The third-order valence-electron chi connectivity index (χ3n) is 6.52. The molecule has 206 valence electrons. The zero-order chi connectivity index (χ0) is 28.5. The Morgan fingerprint density at radius 3 is 2.69 bits per heavy atom. The highest BCUT2D eigenvalue weighted by atomic mass is 35.5. The van der Waals surface area contributed by atoms with Crippen molar-refractivity contribution in [3.8, 4) is 5.75 Å². The lowest BCUT2D eigenvalue weighted by Crippen LogP contribution is -2.24. The van der Waals surface area contributed by atoms with Crippen LogP contribution in [0.3, 0.4) is 0 Å². The van der Waals surface area contributed by atoms with Gasteiger partial charge in [-0.05, 0) is 63.1 Å². The van der Waals surface area contributed by atoms with Crippen LogP contribution in [0.2, 0.25) is 5.02 Å². The predicted octanol–water partition coefficient (Wildman–Crippen LogP) is 5.09. The number of ether oxygens (including phenoxy) is 2. The fourth-order valence-corrected chi connectivity index (χ4v) is 4.85. The molecule has 11 heteroatoms. The summed E-state index contributed by atoms with van der Waals surface area (Å²) in [5.41, 5.74) is 8.37. The van der Waals surface area contributed by atoms with Gasteiger partial charge in [0.05, 0.1) is 29.4 Å². The number of aliphatic hydroxyl groups is 1. The van der Waals surface area contributed by atoms with E-state index < -0.39 is 30.1 Å². The molecule has 2 unspecified atom stereocenters. The summed E-state index contributed by atoms with van der Waals surface area (Å²) in [6.07, 6.45) is 4.75. The van der Waals surface area contributed by atoms with Crippen LogP contribution in [0.1, 0.15) is 49.9 Å². The molecule has 0 radical (unpaired) electrons. The summed E-state index contributed by atoms with van der Waals surface area (Å²) in [7, 11) is 0. The summed E-state index contributed by atoms with van der Waals surface area (Å²) in [6, 6.07) is 7.98. The molecule has 2 heterocycles. The molecule has 0 spiro atoms. The number of benzene rings is 1. The second kappa shape index (κ2) is 11.3. The van der Waals surface area contributed by atoms with E-state index in [4.69, 9.17) is 26.8 Å². The maximum Gasteiger partial charge on any atom is 0.387 e. The van der Waals surface area contributed by atoms with Crippen molar-refractivity contribution in [1.29, 1.82) is 0 Å². The summed E-state index contributed by atoms with van der Waals surface area (Å²) in [6.45, 7) is 5.91. The molecule has 0 fully saturated rings. The van der Waals surface area contributed by atoms with E-state index in [2.05, 4.69) is 16.6 Å². The number of hydrogen-bond donors (Lipinski definition) is 2. The molecule has 4 rings (SSSR count). The maximum atomic E-state index is 13.3. The molecule has 39 heavy (non-hydrogen) atoms. The second-order valence-corrected chi connectivity index (χ2v) is 10.2. The third-order valence-corrected chi connectivity index (χ3v) is 6.75. The number of aliphatic imine (C=N–C) groups is 1. The van der Waals surface area contributed by atoms with E-state index in [-0.39, 0.29) is 12.4 Å². The highest BCUT2D eigenvalue weighted by molar-refractivity contribution is 6.30. The lowest BCUT2D eigenvalue weighted by Gasteiger charge is -2.31. The predicted molar refractivity (Wildman–Crippen MR) is 144 cm³/mol. The molecule has 1 aliphatic carbocycles. The van der Waals surface area contributed by atoms with Crippen molar-refractivity contribution in [2.45, 2.75) is 51.4 Å². The summed E-state index contributed by atoms with van der Waals surface area (Å²) >= 11 is 6.28. The summed E-state index contributed by atoms with van der Waals surface area (Å²) < 4.78 is 37.2. The van der Waals surface area contributed by atoms with Gasteiger partial charge in [0.1, 0.15) is 18.0 Å². The van der Waals surface area contributed by atoms with Crippen LogP contribution in [0.25, 0.3) is 5.70 Å². The number of halogens is 3. The lowest BCUT2D eigenvalue weighted by molar-refractivity contribution is -0.123. The Hall–Kier alpha value is -3.60. The van der Waals surface area contributed by atoms with Gasteiger partial charge >= 0.3 is 6.61 Å². The van der Waals surface area contributed by atoms with Crippen molar-refractivity contribution >= 4 is 29.4 Å². The smallest absolute Gasteiger partial charge is 0.387 e. The van der Waals surface area contributed by atoms with Crippen molar-refractivity contribution in [2.24, 2.45) is 10.7 Å². The number of nitrogens with two attached hydrogens (primary N) is 1. The first-order valence-electron chi connectivity index (χ1n) is 12.1. The van der Waals surface area contributed by atoms with Gasteiger partial charge in [-0.25, -0.2) is 0 Å². The Balaban J connectivity index is 1.79. The highest BCUT2D eigenvalue weighted by Gasteiger charge is 2.39. The third kappa shape index (κ3) is 6.35. The quantitative estimate of drug-likeness (QED) is 0.443. The van der Waals surface area contributed by atoms with Crippen molar-refractivity contribution in [1.82, 2.24) is 9.88 Å². The van der Waals surface area contributed by atoms with Crippen LogP contribution in [-0.2, 0) is 15.1 Å². The molecule has 2 aromatic rings. The van der Waals surface area contributed by atoms with Gasteiger partial charge in [-0.3, -0.25) is 14.8 Å². The molecule has 1 aromatic carbocycles. The minimum Gasteiger partial charge on any atom is -0.435 e. The number of aromatic nitrogens is 1. The second-order valence-electron chi connectivity index (χ2n) is 9.81. The van der Waals surface area contributed by atoms with Gasteiger partial charge in [0.15, 0.2) is 0 Å². The van der Waals surface area contributed by atoms with E-state index >= 15 is 0 Å². The fraction of sp³-hybridized carbons (Fsp3) is 0.321. The molecular formula is C28H29ClF2N4O4. The van der Waals surface area contributed by atoms with E-state index in [0.29, 0.717) is 45.4 Å². The van der Waals surface area contributed by atoms with Gasteiger partial charge in [-0.2, -0.15) is 8.78 Å². The highest BCUT2D eigenvalue weighted by Crippen LogP contribution is 2.48. The molecule has 0 bridgehead atoms. The monoisotopic (exact) mass is 558 g/mol. The summed E-state index contributed by atoms with van der Waals surface area (Å²) in [5.74, 6) is -1.16. The van der Waals surface area contributed by atoms with Crippen molar-refractivity contribution < 1.29 is 28.2 Å². The molecule has 0 saturated heterocycles. The Labute approximate surface area is 230 Å². The van der Waals surface area contributed by atoms with Gasteiger partial charge in [0.2, 0.25) is 5.91 Å². The van der Waals surface area contributed by atoms with E-state index in [0.717, 1.165) is 5.57 Å². The van der Waals surface area contributed by atoms with Gasteiger partial charge in [0.25, 0.3) is 0 Å². The van der Waals surface area contributed by atoms with Gasteiger partial charge in [-0.1, -0.05) is 18.2 Å². The molecule has 8 nitrogen and oxygen atoms in total. The van der Waals surface area contributed by atoms with Gasteiger partial charge in [0, 0.05) is 40.2 Å². The van der Waals surface area contributed by atoms with Crippen LogP contribution in [0.5, 0.6) is 5.75 Å². The molecule has 1 aliphatic heterocycles. The lowest BCUT2D eigenvalue weighted by atomic mass is 9.93. The molecule has 3 N–H and O–H groups in total. The van der Waals surface area contributed by atoms with Gasteiger partial charge in [-0.15, -0.1) is 0 Å². The van der Waals surface area contributed by atoms with Crippen LogP contribution < -0.4 is 10.5 Å². The number of primary amides is 1. The number of rotatable bonds is 9. The number of carbonyl (C=O) groups excluding carboxylic acids is 1. The number of nitrogens with zero attached hydrogens (tertiary/aromatic N) is 3. The number of amides is 1. The Morgan fingerprint density at radius 2 is 2.08 bits per heavy atom. The van der Waals surface area contributed by atoms with Crippen LogP contribution in [0, 0.1) is 0 Å². The zero-order valence-corrected chi connectivity index (χ0v) is 22.5. The Kier molecular flexibility index (Phi) is 8.20. The van der Waals surface area contributed by atoms with E-state index in [1.54, 1.807) is 50.7 Å². The summed E-state index contributed by atoms with van der Waals surface area (Å²) in [4.78, 5) is 22.1. The normalized spacial score (nSPS) is 19.6. The number of pyridine rings is 1. The topological polar surface area (TPSA) is 110 Å². The molecular weight excluding hydrogens is 530 g/mol. The first-order valence-corrected chi connectivity index (χ1v) is 12.5. The van der Waals surface area contributed by atoms with Crippen molar-refractivity contribution in [2.75, 3.05) is 6.61 Å². The summed E-state index contributed by atoms with van der Waals surface area (Å²) in [5, 5.41) is 10.6. The minimum absolute atomic E-state index is 0.0212. The Morgan fingerprint density at radius 1 is 1.33 bits per heavy atom. The average molecular weight is 559 g/mol. The van der Waals surface area contributed by atoms with Crippen LogP contribution in [0.15, 0.2) is 71.3 Å². The van der Waals surface area contributed by atoms with Crippen molar-refractivity contribution in [3.63, 3.8) is 0 Å². The van der Waals surface area contributed by atoms with E-state index in [1.165, 1.54) is 12.1 Å². The van der Waals surface area contributed by atoms with Crippen LogP contribution >= 0.6 is 11.6 Å². The first-order chi connectivity index (χ1) is 18.3. The zero-order valence-electron chi connectivity index (χ0n) is 21.7. The fourth-order valence-electron chi connectivity index (χ4n) is 4.67. The molecule has 2 aliphatic rings. The number of hydrogen-bond acceptors (Lipinski definition) is 7. The minimum atomic E-state index is -3.04. The van der Waals surface area contributed by atoms with E-state index in [9.17, 15) is 18.7 Å². The molecule has 0 saturated carbocycles. The van der Waals surface area contributed by atoms with Gasteiger partial charge < -0.3 is 25.2 Å². The Bertz CT molecular complexity index is 1370. The first kappa shape index (κ1) is 28.4. The van der Waals surface area contributed by atoms with Crippen LogP contribution in [0.4, 0.5) is 8.78 Å².